The maximum absolute atomic E-state index is 12.0. The first-order chi connectivity index (χ1) is 9.71. The second-order valence-corrected chi connectivity index (χ2v) is 7.91. The van der Waals surface area contributed by atoms with Crippen LogP contribution in [0.2, 0.25) is 0 Å². The van der Waals surface area contributed by atoms with E-state index in [-0.39, 0.29) is 23.7 Å². The van der Waals surface area contributed by atoms with Crippen LogP contribution in [0, 0.1) is 11.3 Å². The minimum Gasteiger partial charge on any atom is -0.481 e. The second kappa shape index (κ2) is 7.94. The van der Waals surface area contributed by atoms with Crippen molar-refractivity contribution in [2.24, 2.45) is 11.3 Å². The minimum atomic E-state index is -0.768. The zero-order chi connectivity index (χ0) is 16.0. The number of carboxylic acid groups (broad SMARTS) is 1. The van der Waals surface area contributed by atoms with E-state index >= 15 is 0 Å². The van der Waals surface area contributed by atoms with Crippen LogP contribution in [0.5, 0.6) is 0 Å². The number of amides is 1. The van der Waals surface area contributed by atoms with E-state index < -0.39 is 5.97 Å². The molecule has 1 aromatic heterocycles. The fourth-order valence-electron chi connectivity index (χ4n) is 2.20. The van der Waals surface area contributed by atoms with Gasteiger partial charge in [-0.05, 0) is 51.6 Å². The molecule has 1 aromatic rings. The molecule has 6 heteroatoms. The molecule has 0 fully saturated rings. The summed E-state index contributed by atoms with van der Waals surface area (Å²) < 4.78 is 0.809. The first kappa shape index (κ1) is 18.2. The Bertz CT molecular complexity index is 493. The van der Waals surface area contributed by atoms with Gasteiger partial charge >= 0.3 is 5.97 Å². The van der Waals surface area contributed by atoms with Crippen LogP contribution in [0.3, 0.4) is 0 Å². The average Bonchev–Trinajstić information content (AvgIpc) is 2.77. The lowest BCUT2D eigenvalue weighted by atomic mass is 9.76. The van der Waals surface area contributed by atoms with Gasteiger partial charge < -0.3 is 10.4 Å². The highest BCUT2D eigenvalue weighted by atomic mass is 79.9. The highest BCUT2D eigenvalue weighted by molar-refractivity contribution is 9.10. The zero-order valence-electron chi connectivity index (χ0n) is 12.6. The number of carboxylic acids is 1. The van der Waals surface area contributed by atoms with Crippen LogP contribution in [0.25, 0.3) is 0 Å². The smallest absolute Gasteiger partial charge is 0.303 e. The quantitative estimate of drug-likeness (QED) is 0.751. The molecule has 21 heavy (non-hydrogen) atoms. The maximum Gasteiger partial charge on any atom is 0.303 e. The molecule has 0 aliphatic heterocycles. The van der Waals surface area contributed by atoms with E-state index in [0.717, 1.165) is 10.9 Å². The van der Waals surface area contributed by atoms with Crippen LogP contribution in [-0.2, 0) is 4.79 Å². The fraction of sp³-hybridized carbons (Fsp3) is 0.600. The van der Waals surface area contributed by atoms with Gasteiger partial charge in [-0.15, -0.1) is 11.3 Å². The van der Waals surface area contributed by atoms with E-state index in [4.69, 9.17) is 5.11 Å². The number of halogens is 1. The van der Waals surface area contributed by atoms with E-state index in [1.807, 2.05) is 11.4 Å². The molecular weight excluding hydrogens is 354 g/mol. The molecule has 0 saturated heterocycles. The number of aliphatic carboxylic acids is 1. The van der Waals surface area contributed by atoms with Crippen LogP contribution < -0.4 is 5.32 Å². The summed E-state index contributed by atoms with van der Waals surface area (Å²) in [6.45, 7) is 6.89. The highest BCUT2D eigenvalue weighted by Crippen LogP contribution is 2.32. The highest BCUT2D eigenvalue weighted by Gasteiger charge is 2.25. The van der Waals surface area contributed by atoms with E-state index in [1.54, 1.807) is 0 Å². The van der Waals surface area contributed by atoms with Crippen LogP contribution in [0.4, 0.5) is 0 Å². The number of nitrogens with one attached hydrogen (secondary N) is 1. The number of hydrogen-bond donors (Lipinski definition) is 2. The lowest BCUT2D eigenvalue weighted by Crippen LogP contribution is -2.29. The Morgan fingerprint density at radius 1 is 1.38 bits per heavy atom. The van der Waals surface area contributed by atoms with Crippen molar-refractivity contribution in [1.82, 2.24) is 5.32 Å². The molecule has 118 valence electrons. The van der Waals surface area contributed by atoms with Crippen molar-refractivity contribution in [1.29, 1.82) is 0 Å². The molecule has 0 spiro atoms. The van der Waals surface area contributed by atoms with Crippen molar-refractivity contribution in [3.05, 3.63) is 20.8 Å². The zero-order valence-corrected chi connectivity index (χ0v) is 15.0. The molecule has 1 heterocycles. The van der Waals surface area contributed by atoms with Gasteiger partial charge in [0.1, 0.15) is 4.88 Å². The first-order valence-electron chi connectivity index (χ1n) is 6.94. The molecule has 2 N–H and O–H groups in total. The molecule has 1 unspecified atom stereocenters. The largest absolute Gasteiger partial charge is 0.481 e. The molecule has 0 saturated carbocycles. The Hall–Kier alpha value is -0.880. The van der Waals surface area contributed by atoms with E-state index in [9.17, 15) is 9.59 Å². The van der Waals surface area contributed by atoms with Crippen molar-refractivity contribution in [2.45, 2.75) is 40.0 Å². The average molecular weight is 376 g/mol. The molecule has 0 aliphatic rings. The summed E-state index contributed by atoms with van der Waals surface area (Å²) in [5.41, 5.74) is 0.0314. The van der Waals surface area contributed by atoms with E-state index in [1.165, 1.54) is 11.3 Å². The molecule has 1 atom stereocenters. The summed E-state index contributed by atoms with van der Waals surface area (Å²) in [6, 6.07) is 1.85. The summed E-state index contributed by atoms with van der Waals surface area (Å²) in [7, 11) is 0. The molecule has 0 aliphatic carbocycles. The first-order valence-corrected chi connectivity index (χ1v) is 8.62. The number of rotatable bonds is 7. The number of thiophene rings is 1. The number of hydrogen-bond acceptors (Lipinski definition) is 3. The monoisotopic (exact) mass is 375 g/mol. The van der Waals surface area contributed by atoms with Crippen molar-refractivity contribution in [3.63, 3.8) is 0 Å². The van der Waals surface area contributed by atoms with Crippen molar-refractivity contribution >= 4 is 39.1 Å². The maximum atomic E-state index is 12.0. The van der Waals surface area contributed by atoms with Gasteiger partial charge in [-0.3, -0.25) is 9.59 Å². The Morgan fingerprint density at radius 2 is 2.05 bits per heavy atom. The SMILES string of the molecule is CC(C)(C)C(CCNC(=O)c1sccc1Br)CCC(=O)O. The third-order valence-corrected chi connectivity index (χ3v) is 5.37. The Balaban J connectivity index is 2.48. The summed E-state index contributed by atoms with van der Waals surface area (Å²) in [4.78, 5) is 23.4. The van der Waals surface area contributed by atoms with E-state index in [2.05, 4.69) is 42.0 Å². The fourth-order valence-corrected chi connectivity index (χ4v) is 3.67. The summed E-state index contributed by atoms with van der Waals surface area (Å²) in [5.74, 6) is -0.584. The molecule has 0 radical (unpaired) electrons. The van der Waals surface area contributed by atoms with Crippen molar-refractivity contribution in [2.75, 3.05) is 6.54 Å². The molecule has 1 amide bonds. The third-order valence-electron chi connectivity index (χ3n) is 3.53. The second-order valence-electron chi connectivity index (χ2n) is 6.14. The Kier molecular flexibility index (Phi) is 6.87. The van der Waals surface area contributed by atoms with Gasteiger partial charge in [0.2, 0.25) is 0 Å². The standard InChI is InChI=1S/C15H22BrNO3S/c1-15(2,3)10(4-5-12(18)19)6-8-17-14(20)13-11(16)7-9-21-13/h7,9-10H,4-6,8H2,1-3H3,(H,17,20)(H,18,19). The Morgan fingerprint density at radius 3 is 2.52 bits per heavy atom. The normalized spacial score (nSPS) is 13.0. The van der Waals surface area contributed by atoms with Crippen LogP contribution in [-0.4, -0.2) is 23.5 Å². The van der Waals surface area contributed by atoms with Gasteiger partial charge in [-0.25, -0.2) is 0 Å². The van der Waals surface area contributed by atoms with Gasteiger partial charge in [0.15, 0.2) is 0 Å². The molecule has 0 bridgehead atoms. The van der Waals surface area contributed by atoms with Gasteiger partial charge in [-0.1, -0.05) is 20.8 Å². The molecular formula is C15H22BrNO3S. The topological polar surface area (TPSA) is 66.4 Å². The van der Waals surface area contributed by atoms with Crippen molar-refractivity contribution in [3.8, 4) is 0 Å². The van der Waals surface area contributed by atoms with Gasteiger partial charge in [0, 0.05) is 17.4 Å². The Labute approximate surface area is 138 Å². The minimum absolute atomic E-state index is 0.0314. The summed E-state index contributed by atoms with van der Waals surface area (Å²) in [6.07, 6.45) is 1.59. The lowest BCUT2D eigenvalue weighted by Gasteiger charge is -2.30. The third kappa shape index (κ3) is 6.18. The van der Waals surface area contributed by atoms with E-state index in [0.29, 0.717) is 17.8 Å². The summed E-state index contributed by atoms with van der Waals surface area (Å²) >= 11 is 4.74. The molecule has 1 rings (SSSR count). The predicted octanol–water partition coefficient (Wildman–Crippen LogP) is 4.16. The molecule has 4 nitrogen and oxygen atoms in total. The van der Waals surface area contributed by atoms with Crippen LogP contribution in [0.1, 0.15) is 49.7 Å². The van der Waals surface area contributed by atoms with Gasteiger partial charge in [0.05, 0.1) is 0 Å². The number of carbonyl (C=O) groups is 2. The number of carbonyl (C=O) groups excluding carboxylic acids is 1. The predicted molar refractivity (Wildman–Crippen MR) is 88.8 cm³/mol. The van der Waals surface area contributed by atoms with Crippen LogP contribution in [0.15, 0.2) is 15.9 Å². The van der Waals surface area contributed by atoms with Gasteiger partial charge in [-0.2, -0.15) is 0 Å². The van der Waals surface area contributed by atoms with Crippen molar-refractivity contribution < 1.29 is 14.7 Å². The molecule has 0 aromatic carbocycles. The lowest BCUT2D eigenvalue weighted by molar-refractivity contribution is -0.137. The summed E-state index contributed by atoms with van der Waals surface area (Å²) in [5, 5.41) is 13.6. The van der Waals surface area contributed by atoms with Gasteiger partial charge in [0.25, 0.3) is 5.91 Å². The van der Waals surface area contributed by atoms with Crippen LogP contribution >= 0.6 is 27.3 Å².